The van der Waals surface area contributed by atoms with E-state index in [0.717, 1.165) is 32.2 Å². The molecule has 1 amide bonds. The van der Waals surface area contributed by atoms with Crippen molar-refractivity contribution in [2.45, 2.75) is 50.1 Å². The molecular formula is C24H28N2O2. The summed E-state index contributed by atoms with van der Waals surface area (Å²) in [6.07, 6.45) is 5.29. The van der Waals surface area contributed by atoms with Crippen LogP contribution in [0.3, 0.4) is 0 Å². The molecule has 2 bridgehead atoms. The van der Waals surface area contributed by atoms with Gasteiger partial charge in [0.2, 0.25) is 0 Å². The summed E-state index contributed by atoms with van der Waals surface area (Å²) in [7, 11) is 0. The van der Waals surface area contributed by atoms with Crippen molar-refractivity contribution in [2.24, 2.45) is 11.7 Å². The number of ether oxygens (including phenoxy) is 1. The molecule has 28 heavy (non-hydrogen) atoms. The minimum absolute atomic E-state index is 0.123. The second-order valence-electron chi connectivity index (χ2n) is 8.52. The summed E-state index contributed by atoms with van der Waals surface area (Å²) in [5.74, 6) is 0.672. The molecule has 2 fully saturated rings. The molecule has 2 unspecified atom stereocenters. The zero-order chi connectivity index (χ0) is 19.1. The minimum Gasteiger partial charge on any atom is -0.448 e. The van der Waals surface area contributed by atoms with E-state index in [2.05, 4.69) is 48.5 Å². The third-order valence-electron chi connectivity index (χ3n) is 6.95. The lowest BCUT2D eigenvalue weighted by atomic mass is 9.79. The topological polar surface area (TPSA) is 55.6 Å². The molecule has 0 aromatic heterocycles. The summed E-state index contributed by atoms with van der Waals surface area (Å²) in [4.78, 5) is 15.1. The maximum absolute atomic E-state index is 13.1. The fraction of sp³-hybridized carbons (Fsp3) is 0.458. The molecule has 1 aliphatic carbocycles. The van der Waals surface area contributed by atoms with Crippen LogP contribution in [0.15, 0.2) is 48.5 Å². The van der Waals surface area contributed by atoms with Crippen molar-refractivity contribution in [3.05, 3.63) is 59.7 Å². The number of fused-ring (bicyclic) bond motifs is 5. The average molecular weight is 377 g/mol. The van der Waals surface area contributed by atoms with Crippen molar-refractivity contribution in [1.82, 2.24) is 4.90 Å². The summed E-state index contributed by atoms with van der Waals surface area (Å²) in [5.41, 5.74) is 11.0. The van der Waals surface area contributed by atoms with Gasteiger partial charge in [0.15, 0.2) is 0 Å². The summed E-state index contributed by atoms with van der Waals surface area (Å²) in [6.45, 7) is 1.13. The molecule has 2 aromatic rings. The molecule has 0 spiro atoms. The van der Waals surface area contributed by atoms with Gasteiger partial charge >= 0.3 is 6.09 Å². The molecule has 2 heterocycles. The number of carbonyl (C=O) groups excluding carboxylic acids is 1. The Morgan fingerprint density at radius 1 is 0.964 bits per heavy atom. The number of amides is 1. The molecule has 2 atom stereocenters. The van der Waals surface area contributed by atoms with Crippen LogP contribution in [0.2, 0.25) is 0 Å². The standard InChI is InChI=1S/C24H28N2O2/c25-14-16-12-17-6-5-7-18(13-16)26(17)24(27)28-15-23-21-10-3-1-8-19(21)20-9-2-4-11-22(20)23/h1-4,8-11,16-18,23H,5-7,12-15,25H2. The lowest BCUT2D eigenvalue weighted by molar-refractivity contribution is 0.00649. The summed E-state index contributed by atoms with van der Waals surface area (Å²) in [5, 5.41) is 0. The van der Waals surface area contributed by atoms with Crippen molar-refractivity contribution >= 4 is 6.09 Å². The molecule has 0 saturated carbocycles. The number of benzene rings is 2. The lowest BCUT2D eigenvalue weighted by Crippen LogP contribution is -2.55. The summed E-state index contributed by atoms with van der Waals surface area (Å²) in [6, 6.07) is 17.6. The van der Waals surface area contributed by atoms with E-state index in [4.69, 9.17) is 10.5 Å². The van der Waals surface area contributed by atoms with Crippen LogP contribution < -0.4 is 5.73 Å². The van der Waals surface area contributed by atoms with Crippen molar-refractivity contribution in [1.29, 1.82) is 0 Å². The third kappa shape index (κ3) is 2.91. The molecule has 2 N–H and O–H groups in total. The van der Waals surface area contributed by atoms with Crippen molar-refractivity contribution in [3.8, 4) is 11.1 Å². The maximum Gasteiger partial charge on any atom is 0.410 e. The van der Waals surface area contributed by atoms with E-state index in [9.17, 15) is 4.79 Å². The van der Waals surface area contributed by atoms with Gasteiger partial charge in [0.1, 0.15) is 6.61 Å². The van der Waals surface area contributed by atoms with E-state index in [1.54, 1.807) is 0 Å². The van der Waals surface area contributed by atoms with Crippen molar-refractivity contribution in [2.75, 3.05) is 13.2 Å². The van der Waals surface area contributed by atoms with Gasteiger partial charge in [-0.3, -0.25) is 0 Å². The zero-order valence-corrected chi connectivity index (χ0v) is 16.2. The highest BCUT2D eigenvalue weighted by atomic mass is 16.6. The quantitative estimate of drug-likeness (QED) is 0.856. The molecule has 2 saturated heterocycles. The van der Waals surface area contributed by atoms with Gasteiger partial charge in [-0.25, -0.2) is 4.79 Å². The van der Waals surface area contributed by atoms with Gasteiger partial charge in [0.25, 0.3) is 0 Å². The number of nitrogens with zero attached hydrogens (tertiary/aromatic N) is 1. The third-order valence-corrected chi connectivity index (χ3v) is 6.95. The highest BCUT2D eigenvalue weighted by Gasteiger charge is 2.41. The van der Waals surface area contributed by atoms with Crippen LogP contribution in [-0.4, -0.2) is 36.2 Å². The Hall–Kier alpha value is -2.33. The Morgan fingerprint density at radius 2 is 1.54 bits per heavy atom. The highest BCUT2D eigenvalue weighted by molar-refractivity contribution is 5.79. The highest BCUT2D eigenvalue weighted by Crippen LogP contribution is 2.45. The monoisotopic (exact) mass is 376 g/mol. The zero-order valence-electron chi connectivity index (χ0n) is 16.2. The number of carbonyl (C=O) groups is 1. The molecule has 4 heteroatoms. The number of nitrogens with two attached hydrogens (primary N) is 1. The van der Waals surface area contributed by atoms with Crippen molar-refractivity contribution in [3.63, 3.8) is 0 Å². The van der Waals surface area contributed by atoms with E-state index in [0.29, 0.717) is 24.6 Å². The SMILES string of the molecule is NCC1CC2CCCC(C1)N2C(=O)OCC1c2ccccc2-c2ccccc21. The number of hydrogen-bond donors (Lipinski definition) is 1. The van der Waals surface area contributed by atoms with E-state index < -0.39 is 0 Å². The molecule has 2 aromatic carbocycles. The first kappa shape index (κ1) is 17.7. The number of piperidine rings is 2. The predicted octanol–water partition coefficient (Wildman–Crippen LogP) is 4.53. The van der Waals surface area contributed by atoms with Crippen LogP contribution >= 0.6 is 0 Å². The lowest BCUT2D eigenvalue weighted by Gasteiger charge is -2.48. The minimum atomic E-state index is -0.132. The largest absolute Gasteiger partial charge is 0.448 e. The van der Waals surface area contributed by atoms with Gasteiger partial charge in [-0.05, 0) is 66.8 Å². The van der Waals surface area contributed by atoms with Gasteiger partial charge in [-0.15, -0.1) is 0 Å². The molecule has 4 nitrogen and oxygen atoms in total. The van der Waals surface area contributed by atoms with E-state index in [-0.39, 0.29) is 12.0 Å². The van der Waals surface area contributed by atoms with Gasteiger partial charge in [-0.2, -0.15) is 0 Å². The predicted molar refractivity (Wildman–Crippen MR) is 110 cm³/mol. The normalized spacial score (nSPS) is 25.9. The van der Waals surface area contributed by atoms with Gasteiger partial charge in [-0.1, -0.05) is 48.5 Å². The molecule has 3 aliphatic rings. The number of hydrogen-bond acceptors (Lipinski definition) is 3. The Morgan fingerprint density at radius 3 is 2.11 bits per heavy atom. The molecule has 0 radical (unpaired) electrons. The summed E-state index contributed by atoms with van der Waals surface area (Å²) >= 11 is 0. The Balaban J connectivity index is 1.33. The van der Waals surface area contributed by atoms with Crippen LogP contribution in [-0.2, 0) is 4.74 Å². The van der Waals surface area contributed by atoms with Gasteiger partial charge in [0, 0.05) is 18.0 Å². The Kier molecular flexibility index (Phi) is 4.59. The van der Waals surface area contributed by atoms with E-state index >= 15 is 0 Å². The fourth-order valence-corrected chi connectivity index (χ4v) is 5.65. The maximum atomic E-state index is 13.1. The van der Waals surface area contributed by atoms with Crippen LogP contribution in [0.4, 0.5) is 4.79 Å². The van der Waals surface area contributed by atoms with Gasteiger partial charge < -0.3 is 15.4 Å². The fourth-order valence-electron chi connectivity index (χ4n) is 5.65. The van der Waals surface area contributed by atoms with Crippen LogP contribution in [0.5, 0.6) is 0 Å². The number of rotatable bonds is 3. The molecular weight excluding hydrogens is 348 g/mol. The molecule has 146 valence electrons. The van der Waals surface area contributed by atoms with E-state index in [1.165, 1.54) is 28.7 Å². The molecule has 5 rings (SSSR count). The first-order valence-electron chi connectivity index (χ1n) is 10.6. The van der Waals surface area contributed by atoms with Gasteiger partial charge in [0.05, 0.1) is 0 Å². The van der Waals surface area contributed by atoms with Crippen LogP contribution in [0.1, 0.15) is 49.1 Å². The Labute approximate surface area is 166 Å². The van der Waals surface area contributed by atoms with Crippen LogP contribution in [0, 0.1) is 5.92 Å². The first-order chi connectivity index (χ1) is 13.8. The second-order valence-corrected chi connectivity index (χ2v) is 8.52. The Bertz CT molecular complexity index is 821. The summed E-state index contributed by atoms with van der Waals surface area (Å²) < 4.78 is 5.94. The second kappa shape index (κ2) is 7.25. The average Bonchev–Trinajstić information content (AvgIpc) is 3.05. The van der Waals surface area contributed by atoms with Crippen LogP contribution in [0.25, 0.3) is 11.1 Å². The van der Waals surface area contributed by atoms with E-state index in [1.807, 2.05) is 4.90 Å². The first-order valence-corrected chi connectivity index (χ1v) is 10.6. The van der Waals surface area contributed by atoms with Crippen molar-refractivity contribution < 1.29 is 9.53 Å². The smallest absolute Gasteiger partial charge is 0.410 e. The molecule has 2 aliphatic heterocycles.